The minimum absolute atomic E-state index is 0.429. The van der Waals surface area contributed by atoms with E-state index < -0.39 is 4.08 Å². The summed E-state index contributed by atoms with van der Waals surface area (Å²) in [7, 11) is 0. The van der Waals surface area contributed by atoms with Crippen molar-refractivity contribution >= 4 is 25.3 Å². The largest absolute Gasteiger partial charge is 0.259 e. The maximum absolute atomic E-state index is 4.25. The molecule has 0 spiro atoms. The highest BCUT2D eigenvalue weighted by molar-refractivity contribution is 7.99. The van der Waals surface area contributed by atoms with Gasteiger partial charge in [0.05, 0.1) is 9.77 Å². The first-order chi connectivity index (χ1) is 4.61. The average Bonchev–Trinajstić information content (AvgIpc) is 1.88. The molecular formula is C7H9NS2. The predicted octanol–water partition coefficient (Wildman–Crippen LogP) is 2.11. The van der Waals surface area contributed by atoms with Crippen LogP contribution in [-0.2, 0) is 4.08 Å². The normalized spacial score (nSPS) is 11.5. The van der Waals surface area contributed by atoms with E-state index in [1.807, 2.05) is 25.1 Å². The van der Waals surface area contributed by atoms with E-state index in [2.05, 4.69) is 30.2 Å². The van der Waals surface area contributed by atoms with Crippen molar-refractivity contribution < 1.29 is 0 Å². The van der Waals surface area contributed by atoms with Crippen LogP contribution in [0.5, 0.6) is 0 Å². The molecule has 1 heterocycles. The molecule has 0 unspecified atom stereocenters. The molecule has 3 heteroatoms. The highest BCUT2D eigenvalue weighted by Gasteiger charge is 2.15. The monoisotopic (exact) mass is 171 g/mol. The lowest BCUT2D eigenvalue weighted by Gasteiger charge is -2.14. The van der Waals surface area contributed by atoms with E-state index in [1.165, 1.54) is 0 Å². The second-order valence-corrected chi connectivity index (χ2v) is 4.38. The van der Waals surface area contributed by atoms with Crippen molar-refractivity contribution in [2.24, 2.45) is 0 Å². The summed E-state index contributed by atoms with van der Waals surface area (Å²) in [4.78, 5) is 4.10. The van der Waals surface area contributed by atoms with Gasteiger partial charge in [0, 0.05) is 6.20 Å². The number of rotatable bonds is 1. The Kier molecular flexibility index (Phi) is 2.26. The van der Waals surface area contributed by atoms with Crippen LogP contribution in [0.2, 0.25) is 0 Å². The SMILES string of the molecule is CC(S)(S)c1ccccn1. The molecule has 54 valence electrons. The lowest BCUT2D eigenvalue weighted by atomic mass is 10.3. The minimum atomic E-state index is -0.429. The fraction of sp³-hybridized carbons (Fsp3) is 0.286. The molecule has 1 aromatic rings. The average molecular weight is 171 g/mol. The van der Waals surface area contributed by atoms with Gasteiger partial charge in [-0.1, -0.05) is 6.07 Å². The number of nitrogens with zero attached hydrogens (tertiary/aromatic N) is 1. The van der Waals surface area contributed by atoms with E-state index in [0.717, 1.165) is 5.69 Å². The Morgan fingerprint density at radius 2 is 2.10 bits per heavy atom. The van der Waals surface area contributed by atoms with Gasteiger partial charge >= 0.3 is 0 Å². The van der Waals surface area contributed by atoms with Crippen LogP contribution in [0.4, 0.5) is 0 Å². The maximum Gasteiger partial charge on any atom is 0.0945 e. The van der Waals surface area contributed by atoms with Crippen LogP contribution in [-0.4, -0.2) is 4.98 Å². The van der Waals surface area contributed by atoms with Crippen LogP contribution >= 0.6 is 25.3 Å². The summed E-state index contributed by atoms with van der Waals surface area (Å²) >= 11 is 8.49. The summed E-state index contributed by atoms with van der Waals surface area (Å²) in [5, 5.41) is 0. The highest BCUT2D eigenvalue weighted by Crippen LogP contribution is 2.29. The molecule has 1 rings (SSSR count). The van der Waals surface area contributed by atoms with Crippen molar-refractivity contribution in [2.45, 2.75) is 11.0 Å². The molecule has 0 aromatic carbocycles. The fourth-order valence-corrected chi connectivity index (χ4v) is 0.907. The van der Waals surface area contributed by atoms with Crippen molar-refractivity contribution in [1.29, 1.82) is 0 Å². The Bertz CT molecular complexity index is 203. The first-order valence-corrected chi connectivity index (χ1v) is 3.86. The number of aromatic nitrogens is 1. The number of hydrogen-bond donors (Lipinski definition) is 2. The number of hydrogen-bond acceptors (Lipinski definition) is 3. The van der Waals surface area contributed by atoms with E-state index in [4.69, 9.17) is 0 Å². The quantitative estimate of drug-likeness (QED) is 0.487. The molecule has 0 atom stereocenters. The zero-order chi connectivity index (χ0) is 7.61. The molecule has 1 aromatic heterocycles. The van der Waals surface area contributed by atoms with Gasteiger partial charge in [-0.15, -0.1) is 0 Å². The van der Waals surface area contributed by atoms with Crippen molar-refractivity contribution in [3.63, 3.8) is 0 Å². The van der Waals surface area contributed by atoms with Crippen LogP contribution < -0.4 is 0 Å². The van der Waals surface area contributed by atoms with Gasteiger partial charge in [-0.25, -0.2) is 0 Å². The first-order valence-electron chi connectivity index (χ1n) is 2.97. The Balaban J connectivity index is 2.97. The number of thiol groups is 2. The molecule has 0 aliphatic heterocycles. The van der Waals surface area contributed by atoms with Crippen LogP contribution in [0.3, 0.4) is 0 Å². The Morgan fingerprint density at radius 1 is 1.40 bits per heavy atom. The Morgan fingerprint density at radius 3 is 2.40 bits per heavy atom. The van der Waals surface area contributed by atoms with Gasteiger partial charge in [0.15, 0.2) is 0 Å². The molecule has 0 radical (unpaired) electrons. The van der Waals surface area contributed by atoms with Crippen molar-refractivity contribution in [2.75, 3.05) is 0 Å². The third-order valence-electron chi connectivity index (χ3n) is 1.15. The molecule has 0 bridgehead atoms. The molecule has 0 aliphatic rings. The van der Waals surface area contributed by atoms with Gasteiger partial charge in [0.2, 0.25) is 0 Å². The van der Waals surface area contributed by atoms with Gasteiger partial charge in [0.25, 0.3) is 0 Å². The maximum atomic E-state index is 4.25. The van der Waals surface area contributed by atoms with Crippen molar-refractivity contribution in [1.82, 2.24) is 4.98 Å². The highest BCUT2D eigenvalue weighted by atomic mass is 32.2. The molecule has 0 N–H and O–H groups in total. The van der Waals surface area contributed by atoms with E-state index in [1.54, 1.807) is 6.20 Å². The molecule has 0 amide bonds. The van der Waals surface area contributed by atoms with Crippen LogP contribution in [0.1, 0.15) is 12.6 Å². The van der Waals surface area contributed by atoms with Crippen molar-refractivity contribution in [3.8, 4) is 0 Å². The standard InChI is InChI=1S/C7H9NS2/c1-7(9,10)6-4-2-3-5-8-6/h2-5,9-10H,1H3. The Labute approximate surface area is 71.7 Å². The lowest BCUT2D eigenvalue weighted by molar-refractivity contribution is 0.956. The van der Waals surface area contributed by atoms with E-state index in [-0.39, 0.29) is 0 Å². The van der Waals surface area contributed by atoms with Crippen LogP contribution in [0.25, 0.3) is 0 Å². The third kappa shape index (κ3) is 1.92. The molecular weight excluding hydrogens is 162 g/mol. The van der Waals surface area contributed by atoms with E-state index in [0.29, 0.717) is 0 Å². The van der Waals surface area contributed by atoms with Crippen LogP contribution in [0.15, 0.2) is 24.4 Å². The fourth-order valence-electron chi connectivity index (χ4n) is 0.643. The van der Waals surface area contributed by atoms with Crippen LogP contribution in [0, 0.1) is 0 Å². The summed E-state index contributed by atoms with van der Waals surface area (Å²) < 4.78 is -0.429. The molecule has 10 heavy (non-hydrogen) atoms. The summed E-state index contributed by atoms with van der Waals surface area (Å²) in [5.74, 6) is 0. The second-order valence-electron chi connectivity index (χ2n) is 2.24. The van der Waals surface area contributed by atoms with E-state index in [9.17, 15) is 0 Å². The van der Waals surface area contributed by atoms with Crippen molar-refractivity contribution in [3.05, 3.63) is 30.1 Å². The zero-order valence-electron chi connectivity index (χ0n) is 5.65. The summed E-state index contributed by atoms with van der Waals surface area (Å²) in [6, 6.07) is 5.70. The van der Waals surface area contributed by atoms with E-state index >= 15 is 0 Å². The zero-order valence-corrected chi connectivity index (χ0v) is 7.44. The summed E-state index contributed by atoms with van der Waals surface area (Å²) in [5.41, 5.74) is 0.877. The van der Waals surface area contributed by atoms with Gasteiger partial charge in [-0.2, -0.15) is 25.3 Å². The third-order valence-corrected chi connectivity index (χ3v) is 1.61. The van der Waals surface area contributed by atoms with Gasteiger partial charge in [0.1, 0.15) is 0 Å². The number of pyridine rings is 1. The molecule has 1 nitrogen and oxygen atoms in total. The minimum Gasteiger partial charge on any atom is -0.259 e. The Hall–Kier alpha value is -0.150. The van der Waals surface area contributed by atoms with Gasteiger partial charge in [-0.05, 0) is 19.1 Å². The second kappa shape index (κ2) is 2.84. The molecule has 0 fully saturated rings. The summed E-state index contributed by atoms with van der Waals surface area (Å²) in [6.07, 6.45) is 1.74. The molecule has 0 aliphatic carbocycles. The van der Waals surface area contributed by atoms with Gasteiger partial charge in [-0.3, -0.25) is 4.98 Å². The molecule has 0 saturated heterocycles. The summed E-state index contributed by atoms with van der Waals surface area (Å²) in [6.45, 7) is 1.89. The molecule has 0 saturated carbocycles. The smallest absolute Gasteiger partial charge is 0.0945 e. The lowest BCUT2D eigenvalue weighted by Crippen LogP contribution is -2.05. The first kappa shape index (κ1) is 7.95. The van der Waals surface area contributed by atoms with Gasteiger partial charge < -0.3 is 0 Å². The topological polar surface area (TPSA) is 12.9 Å². The predicted molar refractivity (Wildman–Crippen MR) is 49.6 cm³/mol.